The number of nitrogens with zero attached hydrogens (tertiary/aromatic N) is 1. The molecule has 17 heavy (non-hydrogen) atoms. The SMILES string of the molecule is Cc1ccc(CN2CCC(S(C)(=O)=O)C2)cc1. The first-order chi connectivity index (χ1) is 7.95. The predicted octanol–water partition coefficient (Wildman–Crippen LogP) is 1.61. The fourth-order valence-electron chi connectivity index (χ4n) is 2.24. The van der Waals surface area contributed by atoms with E-state index in [9.17, 15) is 8.42 Å². The average molecular weight is 253 g/mol. The molecule has 4 heteroatoms. The number of aryl methyl sites for hydroxylation is 1. The lowest BCUT2D eigenvalue weighted by atomic mass is 10.1. The maximum absolute atomic E-state index is 11.4. The zero-order valence-electron chi connectivity index (χ0n) is 10.4. The molecular formula is C13H19NO2S. The van der Waals surface area contributed by atoms with Crippen LogP contribution in [0.5, 0.6) is 0 Å². The van der Waals surface area contributed by atoms with Gasteiger partial charge in [-0.1, -0.05) is 29.8 Å². The lowest BCUT2D eigenvalue weighted by Crippen LogP contribution is -2.26. The molecule has 0 amide bonds. The number of benzene rings is 1. The summed E-state index contributed by atoms with van der Waals surface area (Å²) in [6, 6.07) is 8.42. The first kappa shape index (κ1) is 12.6. The number of hydrogen-bond donors (Lipinski definition) is 0. The quantitative estimate of drug-likeness (QED) is 0.821. The van der Waals surface area contributed by atoms with Gasteiger partial charge in [0.2, 0.25) is 0 Å². The summed E-state index contributed by atoms with van der Waals surface area (Å²) in [6.45, 7) is 4.48. The summed E-state index contributed by atoms with van der Waals surface area (Å²) in [5.74, 6) is 0. The first-order valence-corrected chi connectivity index (χ1v) is 7.87. The second-order valence-corrected chi connectivity index (χ2v) is 7.29. The van der Waals surface area contributed by atoms with Crippen molar-refractivity contribution in [3.05, 3.63) is 35.4 Å². The van der Waals surface area contributed by atoms with Crippen LogP contribution in [0.1, 0.15) is 17.5 Å². The molecule has 1 aromatic carbocycles. The average Bonchev–Trinajstić information content (AvgIpc) is 2.69. The molecule has 1 aliphatic heterocycles. The van der Waals surface area contributed by atoms with Crippen molar-refractivity contribution in [2.24, 2.45) is 0 Å². The zero-order chi connectivity index (χ0) is 12.5. The molecule has 0 saturated carbocycles. The summed E-state index contributed by atoms with van der Waals surface area (Å²) in [5, 5.41) is -0.173. The zero-order valence-corrected chi connectivity index (χ0v) is 11.2. The number of likely N-dealkylation sites (tertiary alicyclic amines) is 1. The van der Waals surface area contributed by atoms with Crippen LogP contribution in [0.25, 0.3) is 0 Å². The number of sulfone groups is 1. The number of rotatable bonds is 3. The summed E-state index contributed by atoms with van der Waals surface area (Å²) in [6.07, 6.45) is 2.11. The molecule has 1 unspecified atom stereocenters. The highest BCUT2D eigenvalue weighted by Gasteiger charge is 2.29. The lowest BCUT2D eigenvalue weighted by molar-refractivity contribution is 0.331. The van der Waals surface area contributed by atoms with Crippen molar-refractivity contribution < 1.29 is 8.42 Å². The third kappa shape index (κ3) is 3.30. The molecule has 2 rings (SSSR count). The molecule has 1 fully saturated rings. The molecule has 0 spiro atoms. The maximum Gasteiger partial charge on any atom is 0.151 e. The molecule has 1 heterocycles. The highest BCUT2D eigenvalue weighted by Crippen LogP contribution is 2.18. The minimum absolute atomic E-state index is 0.173. The Morgan fingerprint density at radius 2 is 1.94 bits per heavy atom. The van der Waals surface area contributed by atoms with Gasteiger partial charge in [-0.15, -0.1) is 0 Å². The van der Waals surface area contributed by atoms with E-state index in [1.807, 2.05) is 0 Å². The summed E-state index contributed by atoms with van der Waals surface area (Å²) in [4.78, 5) is 2.22. The summed E-state index contributed by atoms with van der Waals surface area (Å²) < 4.78 is 22.9. The van der Waals surface area contributed by atoms with Crippen molar-refractivity contribution in [1.29, 1.82) is 0 Å². The summed E-state index contributed by atoms with van der Waals surface area (Å²) >= 11 is 0. The van der Waals surface area contributed by atoms with Gasteiger partial charge in [-0.05, 0) is 25.5 Å². The molecule has 0 bridgehead atoms. The van der Waals surface area contributed by atoms with Crippen LogP contribution >= 0.6 is 0 Å². The highest BCUT2D eigenvalue weighted by atomic mass is 32.2. The maximum atomic E-state index is 11.4. The molecule has 0 aliphatic carbocycles. The Balaban J connectivity index is 1.96. The second kappa shape index (κ2) is 4.78. The molecule has 0 radical (unpaired) electrons. The van der Waals surface area contributed by atoms with E-state index >= 15 is 0 Å². The van der Waals surface area contributed by atoms with E-state index < -0.39 is 9.84 Å². The molecule has 3 nitrogen and oxygen atoms in total. The molecule has 0 aromatic heterocycles. The van der Waals surface area contributed by atoms with Gasteiger partial charge in [-0.25, -0.2) is 8.42 Å². The van der Waals surface area contributed by atoms with Gasteiger partial charge in [-0.3, -0.25) is 4.90 Å². The van der Waals surface area contributed by atoms with E-state index in [2.05, 4.69) is 36.1 Å². The van der Waals surface area contributed by atoms with Gasteiger partial charge in [0.15, 0.2) is 9.84 Å². The molecule has 1 aliphatic rings. The third-order valence-corrected chi connectivity index (χ3v) is 4.96. The van der Waals surface area contributed by atoms with E-state index in [0.717, 1.165) is 19.5 Å². The van der Waals surface area contributed by atoms with Crippen LogP contribution in [0.3, 0.4) is 0 Å². The Bertz CT molecular complexity index is 479. The topological polar surface area (TPSA) is 37.4 Å². The van der Waals surface area contributed by atoms with E-state index in [4.69, 9.17) is 0 Å². The molecule has 1 aromatic rings. The normalized spacial score (nSPS) is 21.9. The lowest BCUT2D eigenvalue weighted by Gasteiger charge is -2.15. The van der Waals surface area contributed by atoms with Crippen LogP contribution in [0.2, 0.25) is 0 Å². The van der Waals surface area contributed by atoms with Gasteiger partial charge in [0.25, 0.3) is 0 Å². The van der Waals surface area contributed by atoms with Gasteiger partial charge in [0, 0.05) is 19.3 Å². The molecule has 94 valence electrons. The van der Waals surface area contributed by atoms with E-state index in [0.29, 0.717) is 6.54 Å². The summed E-state index contributed by atoms with van der Waals surface area (Å²) in [7, 11) is -2.88. The van der Waals surface area contributed by atoms with Crippen LogP contribution in [-0.4, -0.2) is 37.9 Å². The monoisotopic (exact) mass is 253 g/mol. The van der Waals surface area contributed by atoms with E-state index in [1.54, 1.807) is 0 Å². The van der Waals surface area contributed by atoms with Crippen molar-refractivity contribution in [3.8, 4) is 0 Å². The smallest absolute Gasteiger partial charge is 0.151 e. The molecule has 1 atom stereocenters. The van der Waals surface area contributed by atoms with Gasteiger partial charge in [-0.2, -0.15) is 0 Å². The summed E-state index contributed by atoms with van der Waals surface area (Å²) in [5.41, 5.74) is 2.51. The van der Waals surface area contributed by atoms with Crippen molar-refractivity contribution in [2.45, 2.75) is 25.1 Å². The largest absolute Gasteiger partial charge is 0.298 e. The standard InChI is InChI=1S/C13H19NO2S/c1-11-3-5-12(6-4-11)9-14-8-7-13(10-14)17(2,15)16/h3-6,13H,7-10H2,1-2H3. The fourth-order valence-corrected chi connectivity index (χ4v) is 3.26. The molecule has 0 N–H and O–H groups in total. The van der Waals surface area contributed by atoms with E-state index in [-0.39, 0.29) is 5.25 Å². The Morgan fingerprint density at radius 3 is 2.47 bits per heavy atom. The van der Waals surface area contributed by atoms with Crippen molar-refractivity contribution >= 4 is 9.84 Å². The Morgan fingerprint density at radius 1 is 1.29 bits per heavy atom. The van der Waals surface area contributed by atoms with Gasteiger partial charge >= 0.3 is 0 Å². The van der Waals surface area contributed by atoms with Gasteiger partial charge in [0.05, 0.1) is 5.25 Å². The van der Waals surface area contributed by atoms with E-state index in [1.165, 1.54) is 17.4 Å². The number of hydrogen-bond acceptors (Lipinski definition) is 3. The Labute approximate surface area is 103 Å². The van der Waals surface area contributed by atoms with Gasteiger partial charge < -0.3 is 0 Å². The van der Waals surface area contributed by atoms with Crippen LogP contribution < -0.4 is 0 Å². The van der Waals surface area contributed by atoms with Crippen molar-refractivity contribution in [1.82, 2.24) is 4.90 Å². The van der Waals surface area contributed by atoms with Crippen LogP contribution in [0, 0.1) is 6.92 Å². The Hall–Kier alpha value is -0.870. The fraction of sp³-hybridized carbons (Fsp3) is 0.538. The predicted molar refractivity (Wildman–Crippen MR) is 69.7 cm³/mol. The van der Waals surface area contributed by atoms with Gasteiger partial charge in [0.1, 0.15) is 0 Å². The second-order valence-electron chi connectivity index (χ2n) is 4.96. The van der Waals surface area contributed by atoms with Crippen LogP contribution in [0.4, 0.5) is 0 Å². The first-order valence-electron chi connectivity index (χ1n) is 5.92. The van der Waals surface area contributed by atoms with Crippen LogP contribution in [-0.2, 0) is 16.4 Å². The molecular weight excluding hydrogens is 234 g/mol. The minimum Gasteiger partial charge on any atom is -0.298 e. The van der Waals surface area contributed by atoms with Crippen LogP contribution in [0.15, 0.2) is 24.3 Å². The molecule has 1 saturated heterocycles. The minimum atomic E-state index is -2.88. The van der Waals surface area contributed by atoms with Crippen molar-refractivity contribution in [3.63, 3.8) is 0 Å². The highest BCUT2D eigenvalue weighted by molar-refractivity contribution is 7.91. The third-order valence-electron chi connectivity index (χ3n) is 3.36. The Kier molecular flexibility index (Phi) is 3.54. The van der Waals surface area contributed by atoms with Crippen molar-refractivity contribution in [2.75, 3.05) is 19.3 Å².